The van der Waals surface area contributed by atoms with Gasteiger partial charge in [0, 0.05) is 0 Å². The predicted octanol–water partition coefficient (Wildman–Crippen LogP) is 1.09. The van der Waals surface area contributed by atoms with Gasteiger partial charge >= 0.3 is 0 Å². The first kappa shape index (κ1) is 9.26. The Morgan fingerprint density at radius 1 is 1.13 bits per heavy atom. The van der Waals surface area contributed by atoms with Crippen LogP contribution in [-0.4, -0.2) is 12.3 Å². The SMILES string of the molecule is O=CNC1=C(c2ccccc2)C(=O)N=N1. The van der Waals surface area contributed by atoms with E-state index in [2.05, 4.69) is 15.5 Å². The Morgan fingerprint density at radius 2 is 1.87 bits per heavy atom. The lowest BCUT2D eigenvalue weighted by atomic mass is 10.1. The molecule has 2 amide bonds. The van der Waals surface area contributed by atoms with E-state index in [-0.39, 0.29) is 5.82 Å². The molecule has 0 atom stereocenters. The number of amides is 2. The number of benzene rings is 1. The van der Waals surface area contributed by atoms with Gasteiger partial charge in [0.15, 0.2) is 5.82 Å². The van der Waals surface area contributed by atoms with Crippen LogP contribution in [0.25, 0.3) is 5.57 Å². The molecule has 0 saturated carbocycles. The summed E-state index contributed by atoms with van der Waals surface area (Å²) in [5.74, 6) is -0.244. The Hall–Kier alpha value is -2.30. The lowest BCUT2D eigenvalue weighted by molar-refractivity contribution is -0.112. The molecule has 0 fully saturated rings. The highest BCUT2D eigenvalue weighted by molar-refractivity contribution is 6.22. The maximum absolute atomic E-state index is 11.4. The van der Waals surface area contributed by atoms with Crippen molar-refractivity contribution in [3.8, 4) is 0 Å². The van der Waals surface area contributed by atoms with Crippen molar-refractivity contribution in [1.82, 2.24) is 5.32 Å². The molecule has 1 heterocycles. The van der Waals surface area contributed by atoms with E-state index < -0.39 is 5.91 Å². The maximum Gasteiger partial charge on any atom is 0.299 e. The van der Waals surface area contributed by atoms with Gasteiger partial charge in [0.05, 0.1) is 5.57 Å². The molecule has 1 aromatic carbocycles. The lowest BCUT2D eigenvalue weighted by Gasteiger charge is -2.00. The minimum absolute atomic E-state index is 0.196. The molecule has 0 bridgehead atoms. The lowest BCUT2D eigenvalue weighted by Crippen LogP contribution is -2.10. The first-order chi connectivity index (χ1) is 7.33. The van der Waals surface area contributed by atoms with Gasteiger partial charge in [0.1, 0.15) is 0 Å². The average Bonchev–Trinajstić information content (AvgIpc) is 2.62. The Kier molecular flexibility index (Phi) is 2.37. The van der Waals surface area contributed by atoms with E-state index in [1.165, 1.54) is 0 Å². The molecule has 0 spiro atoms. The molecule has 1 aromatic rings. The van der Waals surface area contributed by atoms with Gasteiger partial charge in [0.25, 0.3) is 5.91 Å². The molecule has 1 aliphatic rings. The van der Waals surface area contributed by atoms with Crippen molar-refractivity contribution in [2.45, 2.75) is 0 Å². The van der Waals surface area contributed by atoms with E-state index in [1.807, 2.05) is 6.07 Å². The highest BCUT2D eigenvalue weighted by Crippen LogP contribution is 2.24. The molecular weight excluding hydrogens is 194 g/mol. The number of carbonyl (C=O) groups is 2. The van der Waals surface area contributed by atoms with Crippen LogP contribution < -0.4 is 5.32 Å². The van der Waals surface area contributed by atoms with Crippen molar-refractivity contribution in [3.05, 3.63) is 41.7 Å². The van der Waals surface area contributed by atoms with Crippen molar-refractivity contribution >= 4 is 17.9 Å². The van der Waals surface area contributed by atoms with E-state index >= 15 is 0 Å². The van der Waals surface area contributed by atoms with Crippen LogP contribution in [0.3, 0.4) is 0 Å². The summed E-state index contributed by atoms with van der Waals surface area (Å²) in [4.78, 5) is 21.7. The molecule has 0 aliphatic carbocycles. The van der Waals surface area contributed by atoms with Crippen LogP contribution in [0.4, 0.5) is 0 Å². The average molecular weight is 201 g/mol. The summed E-state index contributed by atoms with van der Waals surface area (Å²) >= 11 is 0. The van der Waals surface area contributed by atoms with Crippen molar-refractivity contribution in [2.75, 3.05) is 0 Å². The van der Waals surface area contributed by atoms with Crippen LogP contribution in [0.2, 0.25) is 0 Å². The van der Waals surface area contributed by atoms with E-state index in [1.54, 1.807) is 24.3 Å². The Balaban J connectivity index is 2.46. The van der Waals surface area contributed by atoms with Gasteiger partial charge in [-0.1, -0.05) is 30.3 Å². The van der Waals surface area contributed by atoms with E-state index in [0.29, 0.717) is 17.5 Å². The molecule has 0 aromatic heterocycles. The van der Waals surface area contributed by atoms with Gasteiger partial charge in [-0.15, -0.1) is 10.2 Å². The number of hydrogen-bond acceptors (Lipinski definition) is 3. The molecule has 0 unspecified atom stereocenters. The fourth-order valence-electron chi connectivity index (χ4n) is 1.32. The van der Waals surface area contributed by atoms with Gasteiger partial charge in [-0.3, -0.25) is 9.59 Å². The van der Waals surface area contributed by atoms with E-state index in [0.717, 1.165) is 0 Å². The second kappa shape index (κ2) is 3.83. The zero-order valence-electron chi connectivity index (χ0n) is 7.68. The molecule has 5 heteroatoms. The summed E-state index contributed by atoms with van der Waals surface area (Å²) in [6.07, 6.45) is 0.468. The standard InChI is InChI=1S/C10H7N3O2/c14-6-11-9-8(10(15)13-12-9)7-4-2-1-3-5-7/h1-6H,(H,11,14). The molecule has 2 rings (SSSR count). The molecule has 15 heavy (non-hydrogen) atoms. The second-order valence-corrected chi connectivity index (χ2v) is 2.86. The summed E-state index contributed by atoms with van der Waals surface area (Å²) in [6, 6.07) is 8.95. The van der Waals surface area contributed by atoms with Crippen molar-refractivity contribution in [1.29, 1.82) is 0 Å². The predicted molar refractivity (Wildman–Crippen MR) is 52.4 cm³/mol. The summed E-state index contributed by atoms with van der Waals surface area (Å²) in [7, 11) is 0. The molecule has 0 saturated heterocycles. The monoisotopic (exact) mass is 201 g/mol. The molecule has 5 nitrogen and oxygen atoms in total. The molecule has 1 aliphatic heterocycles. The van der Waals surface area contributed by atoms with Gasteiger partial charge in [0.2, 0.25) is 6.41 Å². The minimum atomic E-state index is -0.439. The summed E-state index contributed by atoms with van der Waals surface area (Å²) < 4.78 is 0. The van der Waals surface area contributed by atoms with E-state index in [4.69, 9.17) is 0 Å². The van der Waals surface area contributed by atoms with Gasteiger partial charge in [-0.25, -0.2) is 0 Å². The van der Waals surface area contributed by atoms with E-state index in [9.17, 15) is 9.59 Å². The minimum Gasteiger partial charge on any atom is -0.311 e. The Labute approximate surface area is 85.5 Å². The Morgan fingerprint density at radius 3 is 2.53 bits per heavy atom. The maximum atomic E-state index is 11.4. The first-order valence-corrected chi connectivity index (χ1v) is 4.29. The fraction of sp³-hybridized carbons (Fsp3) is 0. The zero-order chi connectivity index (χ0) is 10.7. The van der Waals surface area contributed by atoms with Crippen molar-refractivity contribution in [3.63, 3.8) is 0 Å². The van der Waals surface area contributed by atoms with Crippen LogP contribution in [-0.2, 0) is 9.59 Å². The number of carbonyl (C=O) groups excluding carboxylic acids is 2. The Bertz CT molecular complexity index is 463. The normalized spacial score (nSPS) is 14.5. The van der Waals surface area contributed by atoms with Gasteiger partial charge < -0.3 is 5.32 Å². The number of nitrogens with one attached hydrogen (secondary N) is 1. The third-order valence-electron chi connectivity index (χ3n) is 1.95. The third-order valence-corrected chi connectivity index (χ3v) is 1.95. The highest BCUT2D eigenvalue weighted by atomic mass is 16.2. The topological polar surface area (TPSA) is 70.9 Å². The van der Waals surface area contributed by atoms with Gasteiger partial charge in [-0.05, 0) is 5.56 Å². The highest BCUT2D eigenvalue weighted by Gasteiger charge is 2.22. The first-order valence-electron chi connectivity index (χ1n) is 4.29. The third kappa shape index (κ3) is 1.67. The molecule has 1 N–H and O–H groups in total. The second-order valence-electron chi connectivity index (χ2n) is 2.86. The number of nitrogens with zero attached hydrogens (tertiary/aromatic N) is 2. The van der Waals surface area contributed by atoms with Crippen LogP contribution >= 0.6 is 0 Å². The summed E-state index contributed by atoms with van der Waals surface area (Å²) in [6.45, 7) is 0. The van der Waals surface area contributed by atoms with Crippen LogP contribution in [0, 0.1) is 0 Å². The number of hydrogen-bond donors (Lipinski definition) is 1. The van der Waals surface area contributed by atoms with Crippen molar-refractivity contribution in [2.24, 2.45) is 10.2 Å². The van der Waals surface area contributed by atoms with Crippen LogP contribution in [0.5, 0.6) is 0 Å². The molecular formula is C10H7N3O2. The van der Waals surface area contributed by atoms with Crippen molar-refractivity contribution < 1.29 is 9.59 Å². The largest absolute Gasteiger partial charge is 0.311 e. The smallest absolute Gasteiger partial charge is 0.299 e. The van der Waals surface area contributed by atoms with Gasteiger partial charge in [-0.2, -0.15) is 0 Å². The van der Waals surface area contributed by atoms with Crippen LogP contribution in [0.1, 0.15) is 5.56 Å². The zero-order valence-corrected chi connectivity index (χ0v) is 7.68. The van der Waals surface area contributed by atoms with Crippen LogP contribution in [0.15, 0.2) is 46.4 Å². The number of azo groups is 1. The number of rotatable bonds is 3. The molecule has 0 radical (unpaired) electrons. The summed E-state index contributed by atoms with van der Waals surface area (Å²) in [5, 5.41) is 9.30. The summed E-state index contributed by atoms with van der Waals surface area (Å²) in [5.41, 5.74) is 1.01. The fourth-order valence-corrected chi connectivity index (χ4v) is 1.32. The quantitative estimate of drug-likeness (QED) is 0.743. The molecule has 74 valence electrons.